The Morgan fingerprint density at radius 2 is 2.21 bits per heavy atom. The molecule has 1 heterocycles. The lowest BCUT2D eigenvalue weighted by atomic mass is 9.92. The Hall–Kier alpha value is -1.10. The van der Waals surface area contributed by atoms with E-state index in [1.54, 1.807) is 6.92 Å². The Balaban J connectivity index is 1.99. The van der Waals surface area contributed by atoms with Crippen LogP contribution >= 0.6 is 11.3 Å². The highest BCUT2D eigenvalue weighted by molar-refractivity contribution is 7.15. The van der Waals surface area contributed by atoms with Gasteiger partial charge in [-0.1, -0.05) is 13.8 Å². The summed E-state index contributed by atoms with van der Waals surface area (Å²) in [4.78, 5) is 17.0. The van der Waals surface area contributed by atoms with Crippen molar-refractivity contribution in [1.82, 2.24) is 4.98 Å². The van der Waals surface area contributed by atoms with Crippen molar-refractivity contribution in [3.63, 3.8) is 0 Å². The second kappa shape index (κ2) is 5.49. The number of rotatable bonds is 6. The summed E-state index contributed by atoms with van der Waals surface area (Å²) in [6.07, 6.45) is 2.57. The molecular formula is C14H22N2O2S. The Kier molecular flexibility index (Phi) is 4.13. The highest BCUT2D eigenvalue weighted by Crippen LogP contribution is 2.51. The molecule has 0 spiro atoms. The van der Waals surface area contributed by atoms with E-state index in [4.69, 9.17) is 4.74 Å². The van der Waals surface area contributed by atoms with Gasteiger partial charge in [-0.05, 0) is 38.0 Å². The van der Waals surface area contributed by atoms with Gasteiger partial charge in [0.25, 0.3) is 0 Å². The third-order valence-electron chi connectivity index (χ3n) is 3.97. The summed E-state index contributed by atoms with van der Waals surface area (Å²) < 4.78 is 5.00. The number of carbonyl (C=O) groups excluding carboxylic acids is 1. The number of nitrogens with zero attached hydrogens (tertiary/aromatic N) is 1. The Morgan fingerprint density at radius 1 is 1.53 bits per heavy atom. The fourth-order valence-electron chi connectivity index (χ4n) is 2.23. The SMILES string of the molecule is CCOC(=O)c1nc(NCC2(C(C)C)CC2)sc1C. The molecule has 5 heteroatoms. The van der Waals surface area contributed by atoms with E-state index >= 15 is 0 Å². The number of ether oxygens (including phenoxy) is 1. The lowest BCUT2D eigenvalue weighted by Gasteiger charge is -2.19. The second-order valence-electron chi connectivity index (χ2n) is 5.51. The molecule has 1 aliphatic carbocycles. The summed E-state index contributed by atoms with van der Waals surface area (Å²) in [6.45, 7) is 9.58. The van der Waals surface area contributed by atoms with E-state index < -0.39 is 0 Å². The molecule has 1 aliphatic rings. The van der Waals surface area contributed by atoms with Gasteiger partial charge >= 0.3 is 5.97 Å². The van der Waals surface area contributed by atoms with Crippen LogP contribution in [0.1, 0.15) is 49.0 Å². The molecule has 1 fully saturated rings. The van der Waals surface area contributed by atoms with Gasteiger partial charge in [-0.3, -0.25) is 0 Å². The molecule has 0 radical (unpaired) electrons. The summed E-state index contributed by atoms with van der Waals surface area (Å²) >= 11 is 1.53. The smallest absolute Gasteiger partial charge is 0.358 e. The maximum absolute atomic E-state index is 11.7. The van der Waals surface area contributed by atoms with E-state index in [0.29, 0.717) is 23.6 Å². The summed E-state index contributed by atoms with van der Waals surface area (Å²) in [7, 11) is 0. The molecule has 106 valence electrons. The number of thiazole rings is 1. The number of esters is 1. The van der Waals surface area contributed by atoms with Gasteiger partial charge in [0.2, 0.25) is 0 Å². The van der Waals surface area contributed by atoms with E-state index in [1.807, 2.05) is 6.92 Å². The zero-order chi connectivity index (χ0) is 14.0. The molecule has 19 heavy (non-hydrogen) atoms. The number of carbonyl (C=O) groups is 1. The quantitative estimate of drug-likeness (QED) is 0.812. The minimum atomic E-state index is -0.325. The van der Waals surface area contributed by atoms with Crippen LogP contribution in [0.4, 0.5) is 5.13 Å². The maximum Gasteiger partial charge on any atom is 0.358 e. The maximum atomic E-state index is 11.7. The lowest BCUT2D eigenvalue weighted by molar-refractivity contribution is 0.0519. The lowest BCUT2D eigenvalue weighted by Crippen LogP contribution is -2.20. The molecule has 2 rings (SSSR count). The number of nitrogens with one attached hydrogen (secondary N) is 1. The first-order valence-electron chi connectivity index (χ1n) is 6.87. The molecule has 0 unspecified atom stereocenters. The van der Waals surface area contributed by atoms with Crippen LogP contribution < -0.4 is 5.32 Å². The molecule has 1 saturated carbocycles. The van der Waals surface area contributed by atoms with Gasteiger partial charge in [0.05, 0.1) is 6.61 Å². The highest BCUT2D eigenvalue weighted by atomic mass is 32.1. The minimum Gasteiger partial charge on any atom is -0.461 e. The van der Waals surface area contributed by atoms with Gasteiger partial charge in [-0.25, -0.2) is 9.78 Å². The number of hydrogen-bond acceptors (Lipinski definition) is 5. The fraction of sp³-hybridized carbons (Fsp3) is 0.714. The van der Waals surface area contributed by atoms with Gasteiger partial charge in [-0.15, -0.1) is 11.3 Å². The average Bonchev–Trinajstić information content (AvgIpc) is 3.06. The molecule has 1 aromatic rings. The molecular weight excluding hydrogens is 260 g/mol. The van der Waals surface area contributed by atoms with Crippen molar-refractivity contribution in [2.24, 2.45) is 11.3 Å². The van der Waals surface area contributed by atoms with Crippen molar-refractivity contribution >= 4 is 22.4 Å². The normalized spacial score (nSPS) is 16.5. The Bertz CT molecular complexity index is 464. The number of aromatic nitrogens is 1. The van der Waals surface area contributed by atoms with Crippen molar-refractivity contribution in [1.29, 1.82) is 0 Å². The molecule has 0 saturated heterocycles. The van der Waals surface area contributed by atoms with E-state index in [9.17, 15) is 4.79 Å². The van der Waals surface area contributed by atoms with Crippen LogP contribution in [0.3, 0.4) is 0 Å². The topological polar surface area (TPSA) is 51.2 Å². The van der Waals surface area contributed by atoms with E-state index in [1.165, 1.54) is 24.2 Å². The van der Waals surface area contributed by atoms with Crippen LogP contribution in [-0.2, 0) is 4.74 Å². The zero-order valence-corrected chi connectivity index (χ0v) is 12.9. The van der Waals surface area contributed by atoms with Crippen molar-refractivity contribution in [3.8, 4) is 0 Å². The first kappa shape index (κ1) is 14.3. The summed E-state index contributed by atoms with van der Waals surface area (Å²) in [5, 5.41) is 4.21. The first-order chi connectivity index (χ1) is 8.98. The van der Waals surface area contributed by atoms with Gasteiger partial charge in [-0.2, -0.15) is 0 Å². The summed E-state index contributed by atoms with van der Waals surface area (Å²) in [5.74, 6) is 0.361. The molecule has 0 amide bonds. The molecule has 1 N–H and O–H groups in total. The Morgan fingerprint density at radius 3 is 2.74 bits per heavy atom. The second-order valence-corrected chi connectivity index (χ2v) is 6.72. The molecule has 0 atom stereocenters. The van der Waals surface area contributed by atoms with Gasteiger partial charge in [0, 0.05) is 11.4 Å². The highest BCUT2D eigenvalue weighted by Gasteiger charge is 2.45. The van der Waals surface area contributed by atoms with Crippen molar-refractivity contribution in [2.75, 3.05) is 18.5 Å². The van der Waals surface area contributed by atoms with Crippen LogP contribution in [0.5, 0.6) is 0 Å². The molecule has 1 aromatic heterocycles. The predicted molar refractivity (Wildman–Crippen MR) is 77.8 cm³/mol. The number of hydrogen-bond donors (Lipinski definition) is 1. The van der Waals surface area contributed by atoms with Gasteiger partial charge < -0.3 is 10.1 Å². The van der Waals surface area contributed by atoms with Crippen LogP contribution in [0.15, 0.2) is 0 Å². The van der Waals surface area contributed by atoms with Crippen molar-refractivity contribution in [2.45, 2.75) is 40.5 Å². The van der Waals surface area contributed by atoms with Gasteiger partial charge in [0.15, 0.2) is 10.8 Å². The van der Waals surface area contributed by atoms with Crippen LogP contribution in [0.2, 0.25) is 0 Å². The van der Waals surface area contributed by atoms with E-state index in [0.717, 1.165) is 16.6 Å². The standard InChI is InChI=1S/C14H22N2O2S/c1-5-18-12(17)11-10(4)19-13(16-11)15-8-14(6-7-14)9(2)3/h9H,5-8H2,1-4H3,(H,15,16). The third kappa shape index (κ3) is 3.08. The molecule has 0 aliphatic heterocycles. The van der Waals surface area contributed by atoms with Crippen molar-refractivity contribution in [3.05, 3.63) is 10.6 Å². The zero-order valence-electron chi connectivity index (χ0n) is 12.1. The fourth-order valence-corrected chi connectivity index (χ4v) is 3.03. The summed E-state index contributed by atoms with van der Waals surface area (Å²) in [5.41, 5.74) is 0.882. The summed E-state index contributed by atoms with van der Waals surface area (Å²) in [6, 6.07) is 0. The third-order valence-corrected chi connectivity index (χ3v) is 4.90. The monoisotopic (exact) mass is 282 g/mol. The van der Waals surface area contributed by atoms with Crippen molar-refractivity contribution < 1.29 is 9.53 Å². The molecule has 0 bridgehead atoms. The van der Waals surface area contributed by atoms with Crippen LogP contribution in [0.25, 0.3) is 0 Å². The average molecular weight is 282 g/mol. The largest absolute Gasteiger partial charge is 0.461 e. The van der Waals surface area contributed by atoms with E-state index in [2.05, 4.69) is 24.1 Å². The molecule has 0 aromatic carbocycles. The predicted octanol–water partition coefficient (Wildman–Crippen LogP) is 3.48. The number of aryl methyl sites for hydroxylation is 1. The van der Waals surface area contributed by atoms with Gasteiger partial charge in [0.1, 0.15) is 0 Å². The minimum absolute atomic E-state index is 0.325. The number of anilines is 1. The Labute approximate surface area is 118 Å². The first-order valence-corrected chi connectivity index (χ1v) is 7.68. The van der Waals surface area contributed by atoms with E-state index in [-0.39, 0.29) is 5.97 Å². The molecule has 4 nitrogen and oxygen atoms in total. The van der Waals surface area contributed by atoms with Crippen LogP contribution in [-0.4, -0.2) is 24.1 Å². The van der Waals surface area contributed by atoms with Crippen LogP contribution in [0, 0.1) is 18.3 Å².